The molecule has 0 atom stereocenters. The summed E-state index contributed by atoms with van der Waals surface area (Å²) in [7, 11) is 0. The first-order valence-corrected chi connectivity index (χ1v) is 11.0. The first-order chi connectivity index (χ1) is 15.1. The molecule has 5 heteroatoms. The Morgan fingerprint density at radius 2 is 1.77 bits per heavy atom. The molecule has 0 unspecified atom stereocenters. The van der Waals surface area contributed by atoms with Gasteiger partial charge in [0.25, 0.3) is 5.56 Å². The second-order valence-corrected chi connectivity index (χ2v) is 8.44. The summed E-state index contributed by atoms with van der Waals surface area (Å²) >= 11 is 3.57. The minimum atomic E-state index is -0.0484. The largest absolute Gasteiger partial charge is 0.439 e. The van der Waals surface area contributed by atoms with Crippen LogP contribution in [0.2, 0.25) is 0 Å². The Balaban J connectivity index is 1.91. The molecular weight excluding hydrogens is 452 g/mol. The molecule has 0 bridgehead atoms. The Hall–Kier alpha value is -3.31. The Morgan fingerprint density at radius 3 is 2.55 bits per heavy atom. The molecule has 5 rings (SSSR count). The standard InChI is InChI=1S/C26H21BrN2O2/c1-3-29-21-14-7-5-12-19(21)24-23(26(29)30)22(17-10-8-11-18(27)15-17)25(31-24)28-20-13-6-4-9-16(20)2/h4-15,28H,3H2,1-2H3. The van der Waals surface area contributed by atoms with Gasteiger partial charge >= 0.3 is 0 Å². The van der Waals surface area contributed by atoms with Crippen LogP contribution in [0.25, 0.3) is 33.0 Å². The molecule has 4 nitrogen and oxygen atoms in total. The maximum atomic E-state index is 13.6. The van der Waals surface area contributed by atoms with Crippen LogP contribution in [0.15, 0.2) is 86.5 Å². The first-order valence-electron chi connectivity index (χ1n) is 10.2. The predicted octanol–water partition coefficient (Wildman–Crippen LogP) is 7.25. The fourth-order valence-electron chi connectivity index (χ4n) is 4.13. The lowest BCUT2D eigenvalue weighted by molar-refractivity contribution is 0.637. The number of benzene rings is 3. The van der Waals surface area contributed by atoms with Gasteiger partial charge in [0, 0.05) is 22.1 Å². The van der Waals surface area contributed by atoms with Crippen LogP contribution in [0.4, 0.5) is 11.6 Å². The number of pyridine rings is 1. The number of nitrogens with one attached hydrogen (secondary N) is 1. The number of hydrogen-bond acceptors (Lipinski definition) is 3. The highest BCUT2D eigenvalue weighted by atomic mass is 79.9. The summed E-state index contributed by atoms with van der Waals surface area (Å²) in [6.45, 7) is 4.62. The van der Waals surface area contributed by atoms with Gasteiger partial charge in [-0.15, -0.1) is 0 Å². The van der Waals surface area contributed by atoms with Gasteiger partial charge in [0.1, 0.15) is 0 Å². The summed E-state index contributed by atoms with van der Waals surface area (Å²) < 4.78 is 9.16. The van der Waals surface area contributed by atoms with E-state index in [9.17, 15) is 4.79 Å². The zero-order chi connectivity index (χ0) is 21.5. The molecule has 2 heterocycles. The normalized spacial score (nSPS) is 11.3. The molecule has 0 spiro atoms. The Labute approximate surface area is 188 Å². The number of aryl methyl sites for hydroxylation is 2. The number of aromatic nitrogens is 1. The number of para-hydroxylation sites is 2. The maximum Gasteiger partial charge on any atom is 0.262 e. The van der Waals surface area contributed by atoms with E-state index in [0.29, 0.717) is 23.4 Å². The van der Waals surface area contributed by atoms with Gasteiger partial charge in [0.15, 0.2) is 5.58 Å². The van der Waals surface area contributed by atoms with Crippen molar-refractivity contribution in [3.63, 3.8) is 0 Å². The van der Waals surface area contributed by atoms with Crippen LogP contribution in [0.1, 0.15) is 12.5 Å². The summed E-state index contributed by atoms with van der Waals surface area (Å²) in [5.41, 5.74) is 5.16. The monoisotopic (exact) mass is 472 g/mol. The van der Waals surface area contributed by atoms with Gasteiger partial charge in [-0.05, 0) is 55.3 Å². The van der Waals surface area contributed by atoms with Crippen LogP contribution in [-0.2, 0) is 6.54 Å². The van der Waals surface area contributed by atoms with Gasteiger partial charge in [-0.25, -0.2) is 0 Å². The van der Waals surface area contributed by atoms with Crippen molar-refractivity contribution >= 4 is 49.4 Å². The summed E-state index contributed by atoms with van der Waals surface area (Å²) in [5, 5.41) is 4.96. The Morgan fingerprint density at radius 1 is 1.00 bits per heavy atom. The number of fused-ring (bicyclic) bond motifs is 3. The van der Waals surface area contributed by atoms with Gasteiger partial charge in [-0.1, -0.05) is 58.4 Å². The summed E-state index contributed by atoms with van der Waals surface area (Å²) in [4.78, 5) is 13.6. The summed E-state index contributed by atoms with van der Waals surface area (Å²) in [5.74, 6) is 0.568. The third-order valence-electron chi connectivity index (χ3n) is 5.63. The second-order valence-electron chi connectivity index (χ2n) is 7.53. The van der Waals surface area contributed by atoms with E-state index < -0.39 is 0 Å². The fraction of sp³-hybridized carbons (Fsp3) is 0.115. The lowest BCUT2D eigenvalue weighted by atomic mass is 10.0. The zero-order valence-corrected chi connectivity index (χ0v) is 18.9. The summed E-state index contributed by atoms with van der Waals surface area (Å²) in [6, 6.07) is 23.9. The molecule has 0 aliphatic heterocycles. The predicted molar refractivity (Wildman–Crippen MR) is 131 cm³/mol. The highest BCUT2D eigenvalue weighted by Gasteiger charge is 2.23. The molecule has 0 saturated heterocycles. The number of rotatable bonds is 4. The third kappa shape index (κ3) is 3.26. The topological polar surface area (TPSA) is 47.2 Å². The fourth-order valence-corrected chi connectivity index (χ4v) is 4.53. The van der Waals surface area contributed by atoms with Crippen LogP contribution in [-0.4, -0.2) is 4.57 Å². The highest BCUT2D eigenvalue weighted by molar-refractivity contribution is 9.10. The molecule has 0 amide bonds. The Bertz CT molecular complexity index is 1500. The van der Waals surface area contributed by atoms with Crippen LogP contribution in [0.5, 0.6) is 0 Å². The molecular formula is C26H21BrN2O2. The third-order valence-corrected chi connectivity index (χ3v) is 6.12. The molecule has 0 fully saturated rings. The molecule has 31 heavy (non-hydrogen) atoms. The molecule has 0 aliphatic rings. The lowest BCUT2D eigenvalue weighted by Crippen LogP contribution is -2.19. The van der Waals surface area contributed by atoms with E-state index >= 15 is 0 Å². The quantitative estimate of drug-likeness (QED) is 0.299. The van der Waals surface area contributed by atoms with E-state index in [-0.39, 0.29) is 5.56 Å². The second kappa shape index (κ2) is 7.75. The number of furan rings is 1. The van der Waals surface area contributed by atoms with Crippen LogP contribution in [0, 0.1) is 6.92 Å². The first kappa shape index (κ1) is 19.6. The molecule has 1 N–H and O–H groups in total. The molecule has 0 aliphatic carbocycles. The van der Waals surface area contributed by atoms with Crippen molar-refractivity contribution in [2.45, 2.75) is 20.4 Å². The van der Waals surface area contributed by atoms with Crippen molar-refractivity contribution in [3.05, 3.63) is 93.2 Å². The van der Waals surface area contributed by atoms with Crippen molar-refractivity contribution in [1.29, 1.82) is 0 Å². The van der Waals surface area contributed by atoms with E-state index in [1.54, 1.807) is 0 Å². The minimum Gasteiger partial charge on any atom is -0.439 e. The molecule has 3 aromatic carbocycles. The number of anilines is 2. The van der Waals surface area contributed by atoms with Crippen LogP contribution < -0.4 is 10.9 Å². The van der Waals surface area contributed by atoms with Gasteiger partial charge in [0.2, 0.25) is 5.88 Å². The average Bonchev–Trinajstić information content (AvgIpc) is 3.15. The van der Waals surface area contributed by atoms with Crippen molar-refractivity contribution in [2.24, 2.45) is 0 Å². The number of nitrogens with zero attached hydrogens (tertiary/aromatic N) is 1. The van der Waals surface area contributed by atoms with Gasteiger partial charge < -0.3 is 14.3 Å². The van der Waals surface area contributed by atoms with E-state index in [1.807, 2.05) is 91.2 Å². The maximum absolute atomic E-state index is 13.6. The molecule has 0 radical (unpaired) electrons. The molecule has 2 aromatic heterocycles. The number of hydrogen-bond donors (Lipinski definition) is 1. The Kier molecular flexibility index (Phi) is 4.91. The lowest BCUT2D eigenvalue weighted by Gasteiger charge is -2.10. The minimum absolute atomic E-state index is 0.0484. The van der Waals surface area contributed by atoms with Gasteiger partial charge in [-0.2, -0.15) is 0 Å². The van der Waals surface area contributed by atoms with E-state index in [4.69, 9.17) is 4.42 Å². The van der Waals surface area contributed by atoms with Crippen molar-refractivity contribution in [2.75, 3.05) is 5.32 Å². The SMILES string of the molecule is CCn1c(=O)c2c(-c3cccc(Br)c3)c(Nc3ccccc3C)oc2c2ccccc21. The highest BCUT2D eigenvalue weighted by Crippen LogP contribution is 2.41. The van der Waals surface area contributed by atoms with Crippen LogP contribution in [0.3, 0.4) is 0 Å². The van der Waals surface area contributed by atoms with E-state index in [2.05, 4.69) is 21.2 Å². The van der Waals surface area contributed by atoms with Gasteiger partial charge in [-0.3, -0.25) is 4.79 Å². The molecule has 5 aromatic rings. The van der Waals surface area contributed by atoms with E-state index in [1.165, 1.54) is 0 Å². The molecule has 154 valence electrons. The number of halogens is 1. The van der Waals surface area contributed by atoms with Crippen molar-refractivity contribution in [1.82, 2.24) is 4.57 Å². The summed E-state index contributed by atoms with van der Waals surface area (Å²) in [6.07, 6.45) is 0. The zero-order valence-electron chi connectivity index (χ0n) is 17.3. The average molecular weight is 473 g/mol. The van der Waals surface area contributed by atoms with E-state index in [0.717, 1.165) is 37.8 Å². The molecule has 0 saturated carbocycles. The van der Waals surface area contributed by atoms with Crippen LogP contribution >= 0.6 is 15.9 Å². The smallest absolute Gasteiger partial charge is 0.262 e. The van der Waals surface area contributed by atoms with Crippen molar-refractivity contribution < 1.29 is 4.42 Å². The van der Waals surface area contributed by atoms with Gasteiger partial charge in [0.05, 0.1) is 16.5 Å². The van der Waals surface area contributed by atoms with Crippen molar-refractivity contribution in [3.8, 4) is 11.1 Å².